The maximum atomic E-state index is 13.4. The summed E-state index contributed by atoms with van der Waals surface area (Å²) in [5, 5.41) is 11.3. The zero-order valence-corrected chi connectivity index (χ0v) is 12.5. The van der Waals surface area contributed by atoms with Gasteiger partial charge in [0.05, 0.1) is 18.4 Å². The summed E-state index contributed by atoms with van der Waals surface area (Å²) in [4.78, 5) is 23.6. The Hall–Kier alpha value is -2.35. The molecule has 0 aliphatic heterocycles. The van der Waals surface area contributed by atoms with Crippen LogP contribution in [0.3, 0.4) is 0 Å². The second-order valence-corrected chi connectivity index (χ2v) is 5.48. The first-order valence-electron chi connectivity index (χ1n) is 6.58. The molecule has 1 aromatic carbocycles. The van der Waals surface area contributed by atoms with Crippen molar-refractivity contribution < 1.29 is 14.0 Å². The third kappa shape index (κ3) is 5.21. The molecule has 1 heterocycles. The molecule has 2 rings (SSSR count). The number of aromatic amines is 1. The van der Waals surface area contributed by atoms with Crippen LogP contribution in [0.4, 0.5) is 10.1 Å². The van der Waals surface area contributed by atoms with Crippen LogP contribution in [0.1, 0.15) is 6.42 Å². The van der Waals surface area contributed by atoms with Gasteiger partial charge >= 0.3 is 0 Å². The van der Waals surface area contributed by atoms with Gasteiger partial charge in [0.1, 0.15) is 5.82 Å². The molecular formula is C14H15FN4O2S. The van der Waals surface area contributed by atoms with Crippen LogP contribution >= 0.6 is 11.8 Å². The Morgan fingerprint density at radius 1 is 1.27 bits per heavy atom. The summed E-state index contributed by atoms with van der Waals surface area (Å²) in [6, 6.07) is 6.40. The number of nitrogens with zero attached hydrogens (tertiary/aromatic N) is 1. The average Bonchev–Trinajstić information content (AvgIpc) is 3.00. The largest absolute Gasteiger partial charge is 0.347 e. The van der Waals surface area contributed by atoms with Gasteiger partial charge in [0, 0.05) is 23.3 Å². The number of aromatic nitrogens is 2. The molecule has 0 aliphatic carbocycles. The van der Waals surface area contributed by atoms with Gasteiger partial charge < -0.3 is 10.6 Å². The number of anilines is 1. The zero-order valence-electron chi connectivity index (χ0n) is 11.6. The Balaban J connectivity index is 1.64. The van der Waals surface area contributed by atoms with Crippen molar-refractivity contribution >= 4 is 29.3 Å². The number of carbonyl (C=O) groups excluding carboxylic acids is 2. The quantitative estimate of drug-likeness (QED) is 0.678. The van der Waals surface area contributed by atoms with E-state index in [4.69, 9.17) is 0 Å². The Morgan fingerprint density at radius 3 is 2.82 bits per heavy atom. The first kappa shape index (κ1) is 16.0. The SMILES string of the molecule is O=C(CCSc1ccccc1F)NCC(=O)Nc1cn[nH]c1. The first-order valence-corrected chi connectivity index (χ1v) is 7.56. The molecule has 1 aromatic heterocycles. The van der Waals surface area contributed by atoms with Crippen LogP contribution < -0.4 is 10.6 Å². The minimum atomic E-state index is -0.337. The summed E-state index contributed by atoms with van der Waals surface area (Å²) >= 11 is 1.26. The molecular weight excluding hydrogens is 307 g/mol. The molecule has 2 aromatic rings. The lowest BCUT2D eigenvalue weighted by atomic mass is 10.3. The molecule has 0 fully saturated rings. The molecule has 0 unspecified atom stereocenters. The molecule has 8 heteroatoms. The minimum Gasteiger partial charge on any atom is -0.347 e. The molecule has 0 saturated carbocycles. The lowest BCUT2D eigenvalue weighted by Crippen LogP contribution is -2.32. The number of hydrogen-bond acceptors (Lipinski definition) is 4. The number of halogens is 1. The van der Waals surface area contributed by atoms with Crippen molar-refractivity contribution in [1.29, 1.82) is 0 Å². The minimum absolute atomic E-state index is 0.117. The fourth-order valence-corrected chi connectivity index (χ4v) is 2.50. The zero-order chi connectivity index (χ0) is 15.8. The smallest absolute Gasteiger partial charge is 0.243 e. The van der Waals surface area contributed by atoms with Crippen molar-refractivity contribution in [2.24, 2.45) is 0 Å². The Morgan fingerprint density at radius 2 is 2.09 bits per heavy atom. The van der Waals surface area contributed by atoms with Crippen LogP contribution in [0.5, 0.6) is 0 Å². The predicted molar refractivity (Wildman–Crippen MR) is 82.0 cm³/mol. The molecule has 3 N–H and O–H groups in total. The average molecular weight is 322 g/mol. The number of H-pyrrole nitrogens is 1. The highest BCUT2D eigenvalue weighted by atomic mass is 32.2. The van der Waals surface area contributed by atoms with Crippen LogP contribution in [0.15, 0.2) is 41.6 Å². The third-order valence-electron chi connectivity index (χ3n) is 2.65. The second-order valence-electron chi connectivity index (χ2n) is 4.34. The molecule has 0 saturated heterocycles. The lowest BCUT2D eigenvalue weighted by Gasteiger charge is -2.06. The van der Waals surface area contributed by atoms with E-state index in [9.17, 15) is 14.0 Å². The van der Waals surface area contributed by atoms with Crippen molar-refractivity contribution in [2.75, 3.05) is 17.6 Å². The predicted octanol–water partition coefficient (Wildman–Crippen LogP) is 1.79. The summed E-state index contributed by atoms with van der Waals surface area (Å²) in [5.41, 5.74) is 0.536. The molecule has 116 valence electrons. The summed E-state index contributed by atoms with van der Waals surface area (Å²) in [6.07, 6.45) is 3.20. The summed E-state index contributed by atoms with van der Waals surface area (Å²) in [7, 11) is 0. The van der Waals surface area contributed by atoms with Gasteiger partial charge in [0.2, 0.25) is 11.8 Å². The molecule has 0 bridgehead atoms. The monoisotopic (exact) mass is 322 g/mol. The Bertz CT molecular complexity index is 634. The van der Waals surface area contributed by atoms with Gasteiger partial charge in [-0.05, 0) is 12.1 Å². The maximum Gasteiger partial charge on any atom is 0.243 e. The van der Waals surface area contributed by atoms with E-state index in [-0.39, 0.29) is 30.6 Å². The number of nitrogens with one attached hydrogen (secondary N) is 3. The van der Waals surface area contributed by atoms with E-state index in [0.29, 0.717) is 16.3 Å². The van der Waals surface area contributed by atoms with Crippen molar-refractivity contribution in [2.45, 2.75) is 11.3 Å². The molecule has 0 atom stereocenters. The fraction of sp³-hybridized carbons (Fsp3) is 0.214. The Kier molecular flexibility index (Phi) is 5.96. The first-order chi connectivity index (χ1) is 10.6. The molecule has 0 aliphatic rings. The number of carbonyl (C=O) groups is 2. The topological polar surface area (TPSA) is 86.9 Å². The van der Waals surface area contributed by atoms with Crippen molar-refractivity contribution in [3.8, 4) is 0 Å². The van der Waals surface area contributed by atoms with Crippen molar-refractivity contribution in [3.63, 3.8) is 0 Å². The van der Waals surface area contributed by atoms with Crippen LogP contribution in [0, 0.1) is 5.82 Å². The van der Waals surface area contributed by atoms with E-state index >= 15 is 0 Å². The summed E-state index contributed by atoms with van der Waals surface area (Å²) in [5.74, 6) is -0.453. The van der Waals surface area contributed by atoms with E-state index in [0.717, 1.165) is 0 Å². The van der Waals surface area contributed by atoms with Crippen molar-refractivity contribution in [1.82, 2.24) is 15.5 Å². The lowest BCUT2D eigenvalue weighted by molar-refractivity contribution is -0.123. The van der Waals surface area contributed by atoms with Gasteiger partial charge in [-0.2, -0.15) is 5.10 Å². The van der Waals surface area contributed by atoms with Gasteiger partial charge in [-0.3, -0.25) is 14.7 Å². The second kappa shape index (κ2) is 8.18. The number of hydrogen-bond donors (Lipinski definition) is 3. The number of rotatable bonds is 7. The van der Waals surface area contributed by atoms with Gasteiger partial charge in [-0.15, -0.1) is 11.8 Å². The van der Waals surface area contributed by atoms with E-state index in [2.05, 4.69) is 20.8 Å². The summed E-state index contributed by atoms with van der Waals surface area (Å²) in [6.45, 7) is -0.117. The van der Waals surface area contributed by atoms with Gasteiger partial charge in [-0.1, -0.05) is 12.1 Å². The molecule has 0 spiro atoms. The van der Waals surface area contributed by atoms with Gasteiger partial charge in [-0.25, -0.2) is 4.39 Å². The molecule has 6 nitrogen and oxygen atoms in total. The van der Waals surface area contributed by atoms with Crippen LogP contribution in [-0.4, -0.2) is 34.3 Å². The van der Waals surface area contributed by atoms with Crippen LogP contribution in [-0.2, 0) is 9.59 Å². The number of thioether (sulfide) groups is 1. The third-order valence-corrected chi connectivity index (χ3v) is 3.70. The molecule has 0 radical (unpaired) electrons. The Labute approximate surface area is 130 Å². The standard InChI is InChI=1S/C14H15FN4O2S/c15-11-3-1-2-4-12(11)22-6-5-13(20)16-9-14(21)19-10-7-17-18-8-10/h1-4,7-8H,5-6,9H2,(H,16,20)(H,17,18)(H,19,21). The summed E-state index contributed by atoms with van der Waals surface area (Å²) < 4.78 is 13.4. The highest BCUT2D eigenvalue weighted by Crippen LogP contribution is 2.21. The van der Waals surface area contributed by atoms with Crippen LogP contribution in [0.2, 0.25) is 0 Å². The van der Waals surface area contributed by atoms with Crippen LogP contribution in [0.25, 0.3) is 0 Å². The number of benzene rings is 1. The highest BCUT2D eigenvalue weighted by Gasteiger charge is 2.07. The van der Waals surface area contributed by atoms with E-state index in [1.807, 2.05) is 0 Å². The van der Waals surface area contributed by atoms with Gasteiger partial charge in [0.25, 0.3) is 0 Å². The van der Waals surface area contributed by atoms with E-state index in [1.165, 1.54) is 30.2 Å². The fourth-order valence-electron chi connectivity index (χ4n) is 1.61. The van der Waals surface area contributed by atoms with Gasteiger partial charge in [0.15, 0.2) is 0 Å². The number of amides is 2. The normalized spacial score (nSPS) is 10.2. The molecule has 22 heavy (non-hydrogen) atoms. The van der Waals surface area contributed by atoms with E-state index in [1.54, 1.807) is 18.2 Å². The molecule has 2 amide bonds. The maximum absolute atomic E-state index is 13.4. The van der Waals surface area contributed by atoms with E-state index < -0.39 is 0 Å². The highest BCUT2D eigenvalue weighted by molar-refractivity contribution is 7.99. The van der Waals surface area contributed by atoms with Crippen molar-refractivity contribution in [3.05, 3.63) is 42.5 Å².